The molecule has 0 radical (unpaired) electrons. The lowest BCUT2D eigenvalue weighted by molar-refractivity contribution is 0.673. The van der Waals surface area contributed by atoms with Gasteiger partial charge in [0, 0.05) is 43.4 Å². The topological polar surface area (TPSA) is 18.1 Å². The summed E-state index contributed by atoms with van der Waals surface area (Å²) in [4.78, 5) is 0. The minimum Gasteiger partial charge on any atom is -0.455 e. The third-order valence-electron chi connectivity index (χ3n) is 8.13. The van der Waals surface area contributed by atoms with E-state index in [9.17, 15) is 0 Å². The first-order valence-electron chi connectivity index (χ1n) is 13.0. The second-order valence-electron chi connectivity index (χ2n) is 10.1. The molecule has 176 valence electrons. The average molecular weight is 484 g/mol. The van der Waals surface area contributed by atoms with Gasteiger partial charge < -0.3 is 8.98 Å². The van der Waals surface area contributed by atoms with Crippen molar-refractivity contribution in [2.45, 2.75) is 0 Å². The van der Waals surface area contributed by atoms with Crippen LogP contribution in [0.5, 0.6) is 0 Å². The number of benzene rings is 7. The minimum absolute atomic E-state index is 0.927. The maximum Gasteiger partial charge on any atom is 0.144 e. The Morgan fingerprint density at radius 2 is 0.947 bits per heavy atom. The summed E-state index contributed by atoms with van der Waals surface area (Å²) in [6, 6.07) is 45.6. The molecule has 0 fully saturated rings. The zero-order valence-electron chi connectivity index (χ0n) is 20.5. The van der Waals surface area contributed by atoms with Gasteiger partial charge in [0.15, 0.2) is 0 Å². The predicted molar refractivity (Wildman–Crippen MR) is 161 cm³/mol. The van der Waals surface area contributed by atoms with Crippen LogP contribution in [0.4, 0.5) is 0 Å². The zero-order valence-corrected chi connectivity index (χ0v) is 20.5. The smallest absolute Gasteiger partial charge is 0.144 e. The number of hydrogen-bond acceptors (Lipinski definition) is 1. The molecule has 0 amide bonds. The monoisotopic (exact) mass is 483 g/mol. The highest BCUT2D eigenvalue weighted by molar-refractivity contribution is 6.43. The van der Waals surface area contributed by atoms with Gasteiger partial charge in [0.05, 0.1) is 11.0 Å². The maximum atomic E-state index is 6.73. The van der Waals surface area contributed by atoms with Gasteiger partial charge >= 0.3 is 0 Å². The molecule has 0 saturated heterocycles. The summed E-state index contributed by atoms with van der Waals surface area (Å²) in [5.74, 6) is 0. The molecule has 2 heterocycles. The Morgan fingerprint density at radius 1 is 0.395 bits per heavy atom. The Morgan fingerprint density at radius 3 is 1.71 bits per heavy atom. The van der Waals surface area contributed by atoms with Gasteiger partial charge in [-0.25, -0.2) is 0 Å². The Labute approximate surface area is 217 Å². The summed E-state index contributed by atoms with van der Waals surface area (Å²) in [7, 11) is 0. The summed E-state index contributed by atoms with van der Waals surface area (Å²) in [6.07, 6.45) is 0. The van der Waals surface area contributed by atoms with Gasteiger partial charge in [-0.1, -0.05) is 103 Å². The number of para-hydroxylation sites is 3. The lowest BCUT2D eigenvalue weighted by Gasteiger charge is -2.14. The number of hydrogen-bond donors (Lipinski definition) is 0. The number of aromatic nitrogens is 1. The molecule has 38 heavy (non-hydrogen) atoms. The van der Waals surface area contributed by atoms with E-state index in [4.69, 9.17) is 4.42 Å². The van der Waals surface area contributed by atoms with Crippen molar-refractivity contribution in [3.8, 4) is 5.69 Å². The van der Waals surface area contributed by atoms with Crippen LogP contribution in [0.15, 0.2) is 132 Å². The minimum atomic E-state index is 0.927. The number of fused-ring (bicyclic) bond motifs is 15. The van der Waals surface area contributed by atoms with Crippen molar-refractivity contribution in [2.24, 2.45) is 0 Å². The molecule has 2 aromatic heterocycles. The van der Waals surface area contributed by atoms with E-state index in [1.807, 2.05) is 0 Å². The van der Waals surface area contributed by atoms with E-state index in [2.05, 4.69) is 132 Å². The van der Waals surface area contributed by atoms with E-state index in [1.165, 1.54) is 59.5 Å². The summed E-state index contributed by atoms with van der Waals surface area (Å²) < 4.78 is 9.16. The van der Waals surface area contributed by atoms with E-state index >= 15 is 0 Å². The van der Waals surface area contributed by atoms with Crippen LogP contribution >= 0.6 is 0 Å². The SMILES string of the molecule is c1ccc(-n2c3ccccc3c3c4c5ccccc5c5c6ccccc6oc5c4c4ccccc4c32)cc1. The molecule has 0 atom stereocenters. The predicted octanol–water partition coefficient (Wildman–Crippen LogP) is 10.1. The van der Waals surface area contributed by atoms with Crippen LogP contribution in [0.2, 0.25) is 0 Å². The van der Waals surface area contributed by atoms with E-state index in [0.29, 0.717) is 0 Å². The second kappa shape index (κ2) is 7.24. The van der Waals surface area contributed by atoms with Crippen LogP contribution < -0.4 is 0 Å². The molecule has 0 aliphatic carbocycles. The lowest BCUT2D eigenvalue weighted by atomic mass is 9.90. The van der Waals surface area contributed by atoms with E-state index in [0.717, 1.165) is 22.2 Å². The van der Waals surface area contributed by atoms with Gasteiger partial charge in [0.25, 0.3) is 0 Å². The summed E-state index contributed by atoms with van der Waals surface area (Å²) in [6.45, 7) is 0. The van der Waals surface area contributed by atoms with Crippen LogP contribution in [0.3, 0.4) is 0 Å². The fourth-order valence-corrected chi connectivity index (χ4v) is 6.67. The molecule has 0 spiro atoms. The molecule has 7 aromatic carbocycles. The maximum absolute atomic E-state index is 6.73. The fourth-order valence-electron chi connectivity index (χ4n) is 6.67. The van der Waals surface area contributed by atoms with E-state index < -0.39 is 0 Å². The Kier molecular flexibility index (Phi) is 3.82. The molecule has 0 bridgehead atoms. The number of furan rings is 1. The first-order chi connectivity index (χ1) is 18.9. The standard InChI is InChI=1S/C36H21NO/c1-2-12-22(13-3-1)37-29-20-10-8-18-27(29)33-32-24-15-5-4-14-23(24)31-28-19-9-11-21-30(28)38-36(31)34(32)25-16-6-7-17-26(25)35(33)37/h1-21H. The fraction of sp³-hybridized carbons (Fsp3) is 0. The summed E-state index contributed by atoms with van der Waals surface area (Å²) in [5.41, 5.74) is 5.50. The normalized spacial score (nSPS) is 12.2. The van der Waals surface area contributed by atoms with Gasteiger partial charge in [0.1, 0.15) is 11.2 Å². The van der Waals surface area contributed by atoms with Crippen LogP contribution in [0, 0.1) is 0 Å². The van der Waals surface area contributed by atoms with Crippen molar-refractivity contribution in [1.29, 1.82) is 0 Å². The quantitative estimate of drug-likeness (QED) is 0.212. The zero-order chi connectivity index (χ0) is 24.8. The molecule has 2 nitrogen and oxygen atoms in total. The van der Waals surface area contributed by atoms with Crippen LogP contribution in [0.1, 0.15) is 0 Å². The molecule has 9 aromatic rings. The summed E-state index contributed by atoms with van der Waals surface area (Å²) >= 11 is 0. The van der Waals surface area contributed by atoms with Gasteiger partial charge in [0.2, 0.25) is 0 Å². The van der Waals surface area contributed by atoms with Crippen LogP contribution in [-0.2, 0) is 0 Å². The molecular formula is C36H21NO. The van der Waals surface area contributed by atoms with Crippen LogP contribution in [-0.4, -0.2) is 4.57 Å². The van der Waals surface area contributed by atoms with Gasteiger partial charge in [-0.15, -0.1) is 0 Å². The highest BCUT2D eigenvalue weighted by atomic mass is 16.3. The van der Waals surface area contributed by atoms with Gasteiger partial charge in [-0.05, 0) is 40.4 Å². The van der Waals surface area contributed by atoms with Crippen molar-refractivity contribution < 1.29 is 4.42 Å². The largest absolute Gasteiger partial charge is 0.455 e. The molecule has 2 heteroatoms. The van der Waals surface area contributed by atoms with E-state index in [1.54, 1.807) is 0 Å². The number of nitrogens with zero attached hydrogens (tertiary/aromatic N) is 1. The third kappa shape index (κ3) is 2.42. The first-order valence-corrected chi connectivity index (χ1v) is 13.0. The molecule has 0 saturated carbocycles. The molecular weight excluding hydrogens is 462 g/mol. The average Bonchev–Trinajstić information content (AvgIpc) is 3.54. The molecule has 0 aliphatic rings. The third-order valence-corrected chi connectivity index (χ3v) is 8.13. The van der Waals surface area contributed by atoms with Gasteiger partial charge in [-0.2, -0.15) is 0 Å². The number of rotatable bonds is 1. The lowest BCUT2D eigenvalue weighted by Crippen LogP contribution is -1.94. The van der Waals surface area contributed by atoms with Crippen molar-refractivity contribution in [3.63, 3.8) is 0 Å². The molecule has 9 rings (SSSR count). The highest BCUT2D eigenvalue weighted by Gasteiger charge is 2.24. The molecule has 0 N–H and O–H groups in total. The first kappa shape index (κ1) is 20.0. The van der Waals surface area contributed by atoms with Crippen molar-refractivity contribution in [2.75, 3.05) is 0 Å². The van der Waals surface area contributed by atoms with Crippen molar-refractivity contribution in [1.82, 2.24) is 4.57 Å². The second-order valence-corrected chi connectivity index (χ2v) is 10.1. The Hall–Kier alpha value is -5.08. The Bertz CT molecular complexity index is 2390. The molecule has 0 unspecified atom stereocenters. The van der Waals surface area contributed by atoms with Crippen LogP contribution in [0.25, 0.3) is 81.7 Å². The van der Waals surface area contributed by atoms with Crippen molar-refractivity contribution >= 4 is 76.1 Å². The van der Waals surface area contributed by atoms with Gasteiger partial charge in [-0.3, -0.25) is 0 Å². The molecule has 0 aliphatic heterocycles. The van der Waals surface area contributed by atoms with Crippen molar-refractivity contribution in [3.05, 3.63) is 127 Å². The highest BCUT2D eigenvalue weighted by Crippen LogP contribution is 2.49. The summed E-state index contributed by atoms with van der Waals surface area (Å²) in [5, 5.41) is 12.3. The van der Waals surface area contributed by atoms with E-state index in [-0.39, 0.29) is 0 Å². The Balaban J connectivity index is 1.71.